The molecule has 5 heteroatoms. The number of benzene rings is 2. The first-order valence-corrected chi connectivity index (χ1v) is 9.15. The van der Waals surface area contributed by atoms with Gasteiger partial charge in [-0.25, -0.2) is 0 Å². The molecule has 0 bridgehead atoms. The maximum atomic E-state index is 11.8. The first kappa shape index (κ1) is 17.5. The SMILES string of the molecule is CCCc1c(N)cccc1C(C)c1ccc(C)cc1S(=O)(=O)O. The number of nitrogen functional groups attached to an aromatic ring is 1. The minimum Gasteiger partial charge on any atom is -0.398 e. The molecule has 124 valence electrons. The van der Waals surface area contributed by atoms with Crippen molar-refractivity contribution in [1.82, 2.24) is 0 Å². The number of aryl methyl sites for hydroxylation is 1. The Morgan fingerprint density at radius 2 is 1.87 bits per heavy atom. The lowest BCUT2D eigenvalue weighted by atomic mass is 9.87. The largest absolute Gasteiger partial charge is 0.398 e. The second-order valence-corrected chi connectivity index (χ2v) is 7.29. The number of hydrogen-bond acceptors (Lipinski definition) is 3. The van der Waals surface area contributed by atoms with E-state index in [9.17, 15) is 13.0 Å². The maximum Gasteiger partial charge on any atom is 0.294 e. The van der Waals surface area contributed by atoms with Gasteiger partial charge in [-0.2, -0.15) is 8.42 Å². The van der Waals surface area contributed by atoms with E-state index in [4.69, 9.17) is 5.73 Å². The maximum absolute atomic E-state index is 11.8. The van der Waals surface area contributed by atoms with Gasteiger partial charge in [-0.3, -0.25) is 4.55 Å². The van der Waals surface area contributed by atoms with Crippen LogP contribution in [0.2, 0.25) is 0 Å². The lowest BCUT2D eigenvalue weighted by Crippen LogP contribution is -2.10. The summed E-state index contributed by atoms with van der Waals surface area (Å²) < 4.78 is 33.1. The molecule has 0 aliphatic heterocycles. The van der Waals surface area contributed by atoms with Crippen LogP contribution < -0.4 is 5.73 Å². The molecule has 0 saturated heterocycles. The van der Waals surface area contributed by atoms with Crippen molar-refractivity contribution in [2.45, 2.75) is 44.4 Å². The van der Waals surface area contributed by atoms with Gasteiger partial charge in [0.2, 0.25) is 0 Å². The van der Waals surface area contributed by atoms with Crippen LogP contribution in [0, 0.1) is 6.92 Å². The first-order valence-electron chi connectivity index (χ1n) is 7.71. The molecule has 0 heterocycles. The van der Waals surface area contributed by atoms with Crippen LogP contribution in [0.3, 0.4) is 0 Å². The van der Waals surface area contributed by atoms with Crippen molar-refractivity contribution in [2.24, 2.45) is 0 Å². The molecule has 0 amide bonds. The Hall–Kier alpha value is -1.85. The molecule has 2 aromatic carbocycles. The summed E-state index contributed by atoms with van der Waals surface area (Å²) in [6, 6.07) is 10.8. The van der Waals surface area contributed by atoms with Gasteiger partial charge in [-0.1, -0.05) is 44.5 Å². The van der Waals surface area contributed by atoms with E-state index in [2.05, 4.69) is 6.92 Å². The molecular formula is C18H23NO3S. The highest BCUT2D eigenvalue weighted by molar-refractivity contribution is 7.85. The highest BCUT2D eigenvalue weighted by Gasteiger charge is 2.22. The molecule has 1 unspecified atom stereocenters. The van der Waals surface area contributed by atoms with Gasteiger partial charge in [-0.15, -0.1) is 0 Å². The van der Waals surface area contributed by atoms with Gasteiger partial charge in [-0.05, 0) is 47.7 Å². The molecule has 0 aliphatic carbocycles. The third kappa shape index (κ3) is 3.74. The van der Waals surface area contributed by atoms with Gasteiger partial charge in [0.15, 0.2) is 0 Å². The Morgan fingerprint density at radius 3 is 2.48 bits per heavy atom. The molecule has 0 aromatic heterocycles. The molecule has 4 nitrogen and oxygen atoms in total. The van der Waals surface area contributed by atoms with E-state index in [1.165, 1.54) is 6.07 Å². The van der Waals surface area contributed by atoms with Crippen molar-refractivity contribution in [1.29, 1.82) is 0 Å². The zero-order valence-corrected chi connectivity index (χ0v) is 14.5. The summed E-state index contributed by atoms with van der Waals surface area (Å²) in [6.07, 6.45) is 1.78. The minimum atomic E-state index is -4.28. The molecular weight excluding hydrogens is 310 g/mol. The fourth-order valence-corrected chi connectivity index (χ4v) is 3.84. The Balaban J connectivity index is 2.63. The van der Waals surface area contributed by atoms with Crippen molar-refractivity contribution >= 4 is 15.8 Å². The minimum absolute atomic E-state index is 0.0325. The van der Waals surface area contributed by atoms with Crippen LogP contribution in [0.4, 0.5) is 5.69 Å². The third-order valence-corrected chi connectivity index (χ3v) is 5.04. The fourth-order valence-electron chi connectivity index (χ4n) is 2.96. The van der Waals surface area contributed by atoms with Crippen molar-refractivity contribution in [3.63, 3.8) is 0 Å². The summed E-state index contributed by atoms with van der Waals surface area (Å²) in [6.45, 7) is 5.82. The summed E-state index contributed by atoms with van der Waals surface area (Å²) in [5.74, 6) is -0.183. The zero-order chi connectivity index (χ0) is 17.2. The van der Waals surface area contributed by atoms with Crippen LogP contribution in [0.1, 0.15) is 48.4 Å². The molecule has 2 rings (SSSR count). The Bertz CT molecular complexity index is 813. The third-order valence-electron chi connectivity index (χ3n) is 4.13. The van der Waals surface area contributed by atoms with E-state index in [1.54, 1.807) is 13.0 Å². The van der Waals surface area contributed by atoms with Crippen molar-refractivity contribution in [3.8, 4) is 0 Å². The van der Waals surface area contributed by atoms with Crippen LogP contribution >= 0.6 is 0 Å². The van der Waals surface area contributed by atoms with Crippen LogP contribution in [0.15, 0.2) is 41.3 Å². The van der Waals surface area contributed by atoms with E-state index < -0.39 is 10.1 Å². The Kier molecular flexibility index (Phi) is 5.12. The zero-order valence-electron chi connectivity index (χ0n) is 13.7. The molecule has 1 atom stereocenters. The summed E-state index contributed by atoms with van der Waals surface area (Å²) >= 11 is 0. The smallest absolute Gasteiger partial charge is 0.294 e. The highest BCUT2D eigenvalue weighted by atomic mass is 32.2. The van der Waals surface area contributed by atoms with Gasteiger partial charge in [0.05, 0.1) is 4.90 Å². The summed E-state index contributed by atoms with van der Waals surface area (Å²) in [4.78, 5) is -0.0325. The van der Waals surface area contributed by atoms with Crippen LogP contribution in [-0.2, 0) is 16.5 Å². The van der Waals surface area contributed by atoms with E-state index in [0.717, 1.165) is 35.2 Å². The van der Waals surface area contributed by atoms with Gasteiger partial charge in [0.25, 0.3) is 10.1 Å². The summed E-state index contributed by atoms with van der Waals surface area (Å²) in [5, 5.41) is 0. The van der Waals surface area contributed by atoms with Crippen molar-refractivity contribution < 1.29 is 13.0 Å². The van der Waals surface area contributed by atoms with Crippen LogP contribution in [0.25, 0.3) is 0 Å². The fraction of sp³-hybridized carbons (Fsp3) is 0.333. The van der Waals surface area contributed by atoms with Gasteiger partial charge < -0.3 is 5.73 Å². The predicted molar refractivity (Wildman–Crippen MR) is 93.4 cm³/mol. The van der Waals surface area contributed by atoms with Crippen molar-refractivity contribution in [3.05, 3.63) is 58.7 Å². The number of anilines is 1. The number of hydrogen-bond donors (Lipinski definition) is 2. The first-order chi connectivity index (χ1) is 10.8. The molecule has 23 heavy (non-hydrogen) atoms. The van der Waals surface area contributed by atoms with Gasteiger partial charge >= 0.3 is 0 Å². The molecule has 3 N–H and O–H groups in total. The summed E-state index contributed by atoms with van der Waals surface area (Å²) in [7, 11) is -4.28. The average molecular weight is 333 g/mol. The molecule has 2 aromatic rings. The second kappa shape index (κ2) is 6.72. The standard InChI is InChI=1S/C18H23NO3S/c1-4-6-16-14(7-5-8-17(16)19)13(3)15-10-9-12(2)11-18(15)23(20,21)22/h5,7-11,13H,4,6,19H2,1-3H3,(H,20,21,22). The quantitative estimate of drug-likeness (QED) is 0.642. The van der Waals surface area contributed by atoms with E-state index in [0.29, 0.717) is 5.56 Å². The molecule has 0 radical (unpaired) electrons. The number of rotatable bonds is 5. The number of nitrogens with two attached hydrogens (primary N) is 1. The average Bonchev–Trinajstić information content (AvgIpc) is 2.48. The van der Waals surface area contributed by atoms with E-state index in [1.807, 2.05) is 31.2 Å². The monoisotopic (exact) mass is 333 g/mol. The van der Waals surface area contributed by atoms with E-state index in [-0.39, 0.29) is 10.8 Å². The van der Waals surface area contributed by atoms with Gasteiger partial charge in [0.1, 0.15) is 0 Å². The Labute approximate surface area is 138 Å². The normalized spacial score (nSPS) is 13.0. The molecule has 0 saturated carbocycles. The predicted octanol–water partition coefficient (Wildman–Crippen LogP) is 3.93. The molecule has 0 fully saturated rings. The lowest BCUT2D eigenvalue weighted by molar-refractivity contribution is 0.481. The lowest BCUT2D eigenvalue weighted by Gasteiger charge is -2.20. The topological polar surface area (TPSA) is 80.4 Å². The Morgan fingerprint density at radius 1 is 1.17 bits per heavy atom. The van der Waals surface area contributed by atoms with Gasteiger partial charge in [0, 0.05) is 11.6 Å². The van der Waals surface area contributed by atoms with Crippen LogP contribution in [-0.4, -0.2) is 13.0 Å². The van der Waals surface area contributed by atoms with E-state index >= 15 is 0 Å². The van der Waals surface area contributed by atoms with Crippen molar-refractivity contribution in [2.75, 3.05) is 5.73 Å². The molecule has 0 spiro atoms. The second-order valence-electron chi connectivity index (χ2n) is 5.90. The summed E-state index contributed by atoms with van der Waals surface area (Å²) in [5.41, 5.74) is 10.2. The molecule has 0 aliphatic rings. The van der Waals surface area contributed by atoms with Crippen LogP contribution in [0.5, 0.6) is 0 Å². The highest BCUT2D eigenvalue weighted by Crippen LogP contribution is 2.34.